The Balaban J connectivity index is 1.98. The van der Waals surface area contributed by atoms with Crippen molar-refractivity contribution in [3.8, 4) is 11.3 Å². The van der Waals surface area contributed by atoms with Crippen molar-refractivity contribution in [1.82, 2.24) is 19.6 Å². The van der Waals surface area contributed by atoms with Crippen molar-refractivity contribution in [3.63, 3.8) is 0 Å². The van der Waals surface area contributed by atoms with Gasteiger partial charge >= 0.3 is 0 Å². The Labute approximate surface area is 117 Å². The van der Waals surface area contributed by atoms with E-state index in [9.17, 15) is 8.42 Å². The van der Waals surface area contributed by atoms with Crippen LogP contribution in [0.25, 0.3) is 11.3 Å². The van der Waals surface area contributed by atoms with E-state index in [2.05, 4.69) is 10.2 Å². The molecule has 8 heteroatoms. The van der Waals surface area contributed by atoms with Crippen molar-refractivity contribution in [2.24, 2.45) is 7.05 Å². The van der Waals surface area contributed by atoms with E-state index >= 15 is 0 Å². The maximum absolute atomic E-state index is 11.5. The summed E-state index contributed by atoms with van der Waals surface area (Å²) in [7, 11) is -1.09. The molecule has 3 heterocycles. The Morgan fingerprint density at radius 2 is 2.10 bits per heavy atom. The van der Waals surface area contributed by atoms with Crippen molar-refractivity contribution in [3.05, 3.63) is 18.1 Å². The van der Waals surface area contributed by atoms with Crippen LogP contribution in [0, 0.1) is 6.92 Å². The molecular weight excluding hydrogens is 278 g/mol. The largest absolute Gasteiger partial charge is 0.396 e. The number of nitrogen functional groups attached to an aromatic ring is 1. The second kappa shape index (κ2) is 4.34. The van der Waals surface area contributed by atoms with Crippen molar-refractivity contribution >= 4 is 15.5 Å². The predicted molar refractivity (Wildman–Crippen MR) is 75.9 cm³/mol. The van der Waals surface area contributed by atoms with E-state index < -0.39 is 9.84 Å². The minimum atomic E-state index is -2.93. The highest BCUT2D eigenvalue weighted by molar-refractivity contribution is 7.91. The molecule has 0 aliphatic carbocycles. The standard InChI is InChI=1S/C12H17N5O2S/c1-8-10(5-16(2)14-8)12-11(13)6-17(15-12)9-3-4-20(18,19)7-9/h5-6,9H,3-4,7,13H2,1-2H3. The summed E-state index contributed by atoms with van der Waals surface area (Å²) in [5.74, 6) is 0.359. The van der Waals surface area contributed by atoms with E-state index in [0.29, 0.717) is 17.8 Å². The second-order valence-corrected chi connectivity index (χ2v) is 7.50. The topological polar surface area (TPSA) is 95.8 Å². The van der Waals surface area contributed by atoms with E-state index in [1.165, 1.54) is 0 Å². The molecule has 1 atom stereocenters. The van der Waals surface area contributed by atoms with Gasteiger partial charge in [-0.2, -0.15) is 10.2 Å². The maximum atomic E-state index is 11.5. The van der Waals surface area contributed by atoms with Crippen LogP contribution in [0.2, 0.25) is 0 Å². The fraction of sp³-hybridized carbons (Fsp3) is 0.500. The SMILES string of the molecule is Cc1nn(C)cc1-c1nn(C2CCS(=O)(=O)C2)cc1N. The molecule has 7 nitrogen and oxygen atoms in total. The number of hydrogen-bond donors (Lipinski definition) is 1. The van der Waals surface area contributed by atoms with E-state index in [-0.39, 0.29) is 17.5 Å². The van der Waals surface area contributed by atoms with Gasteiger partial charge in [0, 0.05) is 25.0 Å². The zero-order valence-corrected chi connectivity index (χ0v) is 12.3. The Kier molecular flexibility index (Phi) is 2.86. The normalized spacial score (nSPS) is 21.4. The summed E-state index contributed by atoms with van der Waals surface area (Å²) in [5.41, 5.74) is 8.96. The van der Waals surface area contributed by atoms with Crippen molar-refractivity contribution in [2.75, 3.05) is 17.2 Å². The van der Waals surface area contributed by atoms with Crippen LogP contribution in [-0.4, -0.2) is 39.5 Å². The molecule has 20 heavy (non-hydrogen) atoms. The van der Waals surface area contributed by atoms with Crippen LogP contribution in [0.3, 0.4) is 0 Å². The first kappa shape index (κ1) is 13.2. The molecule has 1 saturated heterocycles. The minimum absolute atomic E-state index is 0.118. The second-order valence-electron chi connectivity index (χ2n) is 5.27. The fourth-order valence-corrected chi connectivity index (χ4v) is 4.32. The molecule has 1 fully saturated rings. The number of rotatable bonds is 2. The van der Waals surface area contributed by atoms with Gasteiger partial charge in [0.2, 0.25) is 0 Å². The average molecular weight is 295 g/mol. The number of sulfone groups is 1. The number of hydrogen-bond acceptors (Lipinski definition) is 5. The van der Waals surface area contributed by atoms with Crippen LogP contribution >= 0.6 is 0 Å². The number of nitrogens with zero attached hydrogens (tertiary/aromatic N) is 4. The van der Waals surface area contributed by atoms with Gasteiger partial charge in [0.05, 0.1) is 28.9 Å². The summed E-state index contributed by atoms with van der Waals surface area (Å²) in [5, 5.41) is 8.75. The molecule has 0 aromatic carbocycles. The number of aryl methyl sites for hydroxylation is 2. The van der Waals surface area contributed by atoms with Crippen molar-refractivity contribution in [1.29, 1.82) is 0 Å². The van der Waals surface area contributed by atoms with Gasteiger partial charge in [-0.25, -0.2) is 8.42 Å². The van der Waals surface area contributed by atoms with Crippen molar-refractivity contribution < 1.29 is 8.42 Å². The summed E-state index contributed by atoms with van der Waals surface area (Å²) in [6.07, 6.45) is 4.17. The summed E-state index contributed by atoms with van der Waals surface area (Å²) in [6.45, 7) is 1.90. The predicted octanol–water partition coefficient (Wildman–Crippen LogP) is 0.534. The molecule has 3 rings (SSSR count). The molecule has 0 radical (unpaired) electrons. The van der Waals surface area contributed by atoms with Crippen LogP contribution in [0.1, 0.15) is 18.2 Å². The third-order valence-corrected chi connectivity index (χ3v) is 5.36. The molecule has 108 valence electrons. The number of nitrogens with two attached hydrogens (primary N) is 1. The van der Waals surface area contributed by atoms with Crippen LogP contribution in [-0.2, 0) is 16.9 Å². The highest BCUT2D eigenvalue weighted by Gasteiger charge is 2.30. The third-order valence-electron chi connectivity index (χ3n) is 3.61. The Morgan fingerprint density at radius 3 is 2.65 bits per heavy atom. The van der Waals surface area contributed by atoms with Gasteiger partial charge in [0.15, 0.2) is 9.84 Å². The van der Waals surface area contributed by atoms with Crippen LogP contribution in [0.15, 0.2) is 12.4 Å². The smallest absolute Gasteiger partial charge is 0.152 e. The molecular formula is C12H17N5O2S. The molecule has 0 saturated carbocycles. The zero-order chi connectivity index (χ0) is 14.5. The van der Waals surface area contributed by atoms with Gasteiger partial charge in [-0.15, -0.1) is 0 Å². The third kappa shape index (κ3) is 2.20. The van der Waals surface area contributed by atoms with Crippen LogP contribution in [0.4, 0.5) is 5.69 Å². The summed E-state index contributed by atoms with van der Waals surface area (Å²) in [4.78, 5) is 0. The zero-order valence-electron chi connectivity index (χ0n) is 11.4. The monoisotopic (exact) mass is 295 g/mol. The van der Waals surface area contributed by atoms with Crippen LogP contribution < -0.4 is 5.73 Å². The first-order chi connectivity index (χ1) is 9.35. The lowest BCUT2D eigenvalue weighted by molar-refractivity contribution is 0.501. The van der Waals surface area contributed by atoms with E-state index in [1.807, 2.05) is 20.2 Å². The lowest BCUT2D eigenvalue weighted by Gasteiger charge is -2.07. The highest BCUT2D eigenvalue weighted by atomic mass is 32.2. The molecule has 1 aliphatic rings. The summed E-state index contributed by atoms with van der Waals surface area (Å²) >= 11 is 0. The lowest BCUT2D eigenvalue weighted by Crippen LogP contribution is -2.11. The first-order valence-corrected chi connectivity index (χ1v) is 8.23. The lowest BCUT2D eigenvalue weighted by atomic mass is 10.2. The molecule has 2 aromatic rings. The van der Waals surface area contributed by atoms with Gasteiger partial charge in [-0.3, -0.25) is 9.36 Å². The molecule has 1 aliphatic heterocycles. The number of aromatic nitrogens is 4. The van der Waals surface area contributed by atoms with E-state index in [4.69, 9.17) is 5.73 Å². The summed E-state index contributed by atoms with van der Waals surface area (Å²) < 4.78 is 26.5. The molecule has 2 aromatic heterocycles. The van der Waals surface area contributed by atoms with Gasteiger partial charge in [0.25, 0.3) is 0 Å². The number of anilines is 1. The maximum Gasteiger partial charge on any atom is 0.152 e. The molecule has 2 N–H and O–H groups in total. The highest BCUT2D eigenvalue weighted by Crippen LogP contribution is 2.30. The van der Waals surface area contributed by atoms with Crippen molar-refractivity contribution in [2.45, 2.75) is 19.4 Å². The molecule has 0 bridgehead atoms. The average Bonchev–Trinajstić information content (AvgIpc) is 2.97. The molecule has 1 unspecified atom stereocenters. The van der Waals surface area contributed by atoms with Crippen LogP contribution in [0.5, 0.6) is 0 Å². The first-order valence-electron chi connectivity index (χ1n) is 6.41. The Bertz CT molecular complexity index is 759. The molecule has 0 amide bonds. The summed E-state index contributed by atoms with van der Waals surface area (Å²) in [6, 6.07) is -0.118. The minimum Gasteiger partial charge on any atom is -0.396 e. The van der Waals surface area contributed by atoms with E-state index in [0.717, 1.165) is 11.3 Å². The van der Waals surface area contributed by atoms with Gasteiger partial charge in [-0.1, -0.05) is 0 Å². The van der Waals surface area contributed by atoms with Gasteiger partial charge in [-0.05, 0) is 13.3 Å². The quantitative estimate of drug-likeness (QED) is 0.872. The van der Waals surface area contributed by atoms with Gasteiger partial charge in [0.1, 0.15) is 5.69 Å². The Hall–Kier alpha value is -1.83. The fourth-order valence-electron chi connectivity index (χ4n) is 2.62. The van der Waals surface area contributed by atoms with E-state index in [1.54, 1.807) is 15.6 Å². The van der Waals surface area contributed by atoms with Gasteiger partial charge < -0.3 is 5.73 Å². The molecule has 0 spiro atoms. The Morgan fingerprint density at radius 1 is 1.35 bits per heavy atom.